The van der Waals surface area contributed by atoms with Crippen molar-refractivity contribution in [2.45, 2.75) is 30.5 Å². The summed E-state index contributed by atoms with van der Waals surface area (Å²) in [5.41, 5.74) is 0.341. The van der Waals surface area contributed by atoms with Crippen LogP contribution >= 0.6 is 24.2 Å². The normalized spacial score (nSPS) is 15.6. The van der Waals surface area contributed by atoms with Crippen LogP contribution in [0, 0.1) is 6.92 Å². The van der Waals surface area contributed by atoms with Crippen molar-refractivity contribution < 1.29 is 9.53 Å². The van der Waals surface area contributed by atoms with Gasteiger partial charge in [0.05, 0.1) is 0 Å². The predicted molar refractivity (Wildman–Crippen MR) is 106 cm³/mol. The fraction of sp³-hybridized carbons (Fsp3) is 0.529. The van der Waals surface area contributed by atoms with E-state index in [1.807, 2.05) is 31.2 Å². The Labute approximate surface area is 169 Å². The highest BCUT2D eigenvalue weighted by atomic mass is 35.5. The molecule has 2 aromatic rings. The summed E-state index contributed by atoms with van der Waals surface area (Å²) in [7, 11) is 1.79. The number of carbonyl (C=O) groups excluding carboxylic acids is 1. The number of hydrogen-bond acceptors (Lipinski definition) is 7. The largest absolute Gasteiger partial charge is 0.477 e. The van der Waals surface area contributed by atoms with Gasteiger partial charge in [0.25, 0.3) is 5.91 Å². The topological polar surface area (TPSA) is 94.0 Å². The first-order valence-corrected chi connectivity index (χ1v) is 9.67. The van der Waals surface area contributed by atoms with Gasteiger partial charge in [-0.25, -0.2) is 4.68 Å². The van der Waals surface area contributed by atoms with E-state index >= 15 is 0 Å². The molecule has 0 radical (unpaired) electrons. The number of benzene rings is 1. The summed E-state index contributed by atoms with van der Waals surface area (Å²) < 4.78 is 7.80. The van der Waals surface area contributed by atoms with Crippen molar-refractivity contribution in [2.24, 2.45) is 7.05 Å². The van der Waals surface area contributed by atoms with Crippen LogP contribution in [0.1, 0.15) is 18.4 Å². The Kier molecular flexibility index (Phi) is 7.88. The number of carbonyl (C=O) groups is 1. The quantitative estimate of drug-likeness (QED) is 0.523. The van der Waals surface area contributed by atoms with Gasteiger partial charge in [-0.05, 0) is 42.6 Å². The molecule has 1 saturated heterocycles. The van der Waals surface area contributed by atoms with E-state index in [0.29, 0.717) is 25.1 Å². The van der Waals surface area contributed by atoms with E-state index in [-0.39, 0.29) is 18.3 Å². The van der Waals surface area contributed by atoms with Gasteiger partial charge in [-0.15, -0.1) is 17.5 Å². The Morgan fingerprint density at radius 1 is 1.33 bits per heavy atom. The first kappa shape index (κ1) is 21.5. The van der Waals surface area contributed by atoms with Crippen molar-refractivity contribution in [3.05, 3.63) is 29.8 Å². The molecule has 2 heterocycles. The summed E-state index contributed by atoms with van der Waals surface area (Å²) in [6.45, 7) is 4.08. The summed E-state index contributed by atoms with van der Waals surface area (Å²) in [6.07, 6.45) is 1.29. The highest BCUT2D eigenvalue weighted by molar-refractivity contribution is 7.99. The number of ether oxygens (including phenoxy) is 1. The summed E-state index contributed by atoms with van der Waals surface area (Å²) in [4.78, 5) is 12.9. The Bertz CT molecular complexity index is 733. The minimum absolute atomic E-state index is 0. The van der Waals surface area contributed by atoms with Crippen LogP contribution in [0.25, 0.3) is 0 Å². The van der Waals surface area contributed by atoms with Gasteiger partial charge in [0.2, 0.25) is 5.16 Å². The Morgan fingerprint density at radius 3 is 2.67 bits per heavy atom. The third-order valence-corrected chi connectivity index (χ3v) is 5.37. The van der Waals surface area contributed by atoms with Gasteiger partial charge in [0.1, 0.15) is 5.75 Å². The van der Waals surface area contributed by atoms with Gasteiger partial charge >= 0.3 is 0 Å². The Balaban J connectivity index is 0.00000261. The van der Waals surface area contributed by atoms with Crippen molar-refractivity contribution in [3.8, 4) is 5.75 Å². The van der Waals surface area contributed by atoms with Gasteiger partial charge in [-0.3, -0.25) is 4.79 Å². The fourth-order valence-corrected chi connectivity index (χ4v) is 3.55. The average Bonchev–Trinajstić information content (AvgIpc) is 3.06. The van der Waals surface area contributed by atoms with Crippen molar-refractivity contribution in [1.82, 2.24) is 30.8 Å². The maximum Gasteiger partial charge on any atom is 0.264 e. The van der Waals surface area contributed by atoms with E-state index in [1.54, 1.807) is 11.7 Å². The molecule has 1 aromatic carbocycles. The molecular weight excluding hydrogens is 388 g/mol. The number of tetrazole rings is 1. The van der Waals surface area contributed by atoms with Crippen molar-refractivity contribution in [2.75, 3.05) is 25.4 Å². The van der Waals surface area contributed by atoms with E-state index in [4.69, 9.17) is 4.74 Å². The second-order valence-electron chi connectivity index (χ2n) is 6.35. The highest BCUT2D eigenvalue weighted by Crippen LogP contribution is 2.27. The lowest BCUT2D eigenvalue weighted by Gasteiger charge is -2.36. The van der Waals surface area contributed by atoms with E-state index in [2.05, 4.69) is 26.2 Å². The number of amides is 1. The maximum absolute atomic E-state index is 12.9. The molecule has 10 heteroatoms. The molecule has 1 aliphatic rings. The number of piperidine rings is 1. The zero-order chi connectivity index (χ0) is 18.4. The summed E-state index contributed by atoms with van der Waals surface area (Å²) in [6, 6.07) is 7.83. The molecule has 0 aliphatic carbocycles. The third kappa shape index (κ3) is 5.57. The first-order chi connectivity index (χ1) is 12.6. The molecule has 0 atom stereocenters. The number of nitrogens with one attached hydrogen (secondary N) is 2. The molecule has 27 heavy (non-hydrogen) atoms. The summed E-state index contributed by atoms with van der Waals surface area (Å²) >= 11 is 1.51. The van der Waals surface area contributed by atoms with Crippen LogP contribution in [0.5, 0.6) is 5.75 Å². The molecule has 0 saturated carbocycles. The van der Waals surface area contributed by atoms with Crippen LogP contribution < -0.4 is 15.4 Å². The van der Waals surface area contributed by atoms with Crippen LogP contribution in [0.4, 0.5) is 0 Å². The SMILES string of the molecule is Cc1ccc(OC2(C(=O)NCCSc3nnnn3C)CCNCC2)cc1.Cl. The van der Waals surface area contributed by atoms with Gasteiger partial charge in [-0.1, -0.05) is 29.5 Å². The van der Waals surface area contributed by atoms with Crippen LogP contribution in [-0.2, 0) is 11.8 Å². The average molecular weight is 413 g/mol. The molecule has 0 spiro atoms. The highest BCUT2D eigenvalue weighted by Gasteiger charge is 2.41. The molecule has 148 valence electrons. The second-order valence-corrected chi connectivity index (χ2v) is 7.41. The number of aryl methyl sites for hydroxylation is 2. The van der Waals surface area contributed by atoms with Gasteiger partial charge in [-0.2, -0.15) is 0 Å². The molecule has 8 nitrogen and oxygen atoms in total. The fourth-order valence-electron chi connectivity index (χ4n) is 2.85. The monoisotopic (exact) mass is 412 g/mol. The number of halogens is 1. The third-order valence-electron chi connectivity index (χ3n) is 4.36. The van der Waals surface area contributed by atoms with Crippen LogP contribution in [0.15, 0.2) is 29.4 Å². The van der Waals surface area contributed by atoms with E-state index in [0.717, 1.165) is 29.6 Å². The summed E-state index contributed by atoms with van der Waals surface area (Å²) in [5.74, 6) is 1.36. The molecule has 1 amide bonds. The second kappa shape index (κ2) is 9.91. The predicted octanol–water partition coefficient (Wildman–Crippen LogP) is 1.35. The van der Waals surface area contributed by atoms with Crippen LogP contribution in [0.2, 0.25) is 0 Å². The van der Waals surface area contributed by atoms with Gasteiger partial charge in [0, 0.05) is 32.2 Å². The lowest BCUT2D eigenvalue weighted by atomic mass is 9.91. The van der Waals surface area contributed by atoms with E-state index < -0.39 is 5.60 Å². The maximum atomic E-state index is 12.9. The number of hydrogen-bond donors (Lipinski definition) is 2. The number of rotatable bonds is 7. The first-order valence-electron chi connectivity index (χ1n) is 8.69. The lowest BCUT2D eigenvalue weighted by Crippen LogP contribution is -2.56. The van der Waals surface area contributed by atoms with Gasteiger partial charge in [0.15, 0.2) is 5.60 Å². The molecule has 0 unspecified atom stereocenters. The smallest absolute Gasteiger partial charge is 0.264 e. The standard InChI is InChI=1S/C17H24N6O2S.ClH/c1-13-3-5-14(6-4-13)25-17(7-9-18-10-8-17)15(24)19-11-12-26-16-20-21-22-23(16)2;/h3-6,18H,7-12H2,1-2H3,(H,19,24);1H. The minimum atomic E-state index is -0.822. The van der Waals surface area contributed by atoms with Crippen LogP contribution in [0.3, 0.4) is 0 Å². The van der Waals surface area contributed by atoms with Crippen molar-refractivity contribution in [3.63, 3.8) is 0 Å². The number of nitrogens with zero attached hydrogens (tertiary/aromatic N) is 4. The molecular formula is C17H25ClN6O2S. The Morgan fingerprint density at radius 2 is 2.04 bits per heavy atom. The minimum Gasteiger partial charge on any atom is -0.477 e. The van der Waals surface area contributed by atoms with E-state index in [9.17, 15) is 4.79 Å². The van der Waals surface area contributed by atoms with Crippen molar-refractivity contribution >= 4 is 30.1 Å². The summed E-state index contributed by atoms with van der Waals surface area (Å²) in [5, 5.41) is 18.3. The lowest BCUT2D eigenvalue weighted by molar-refractivity contribution is -0.139. The molecule has 1 fully saturated rings. The molecule has 2 N–H and O–H groups in total. The Hall–Kier alpha value is -1.84. The van der Waals surface area contributed by atoms with Crippen molar-refractivity contribution in [1.29, 1.82) is 0 Å². The molecule has 1 aromatic heterocycles. The molecule has 3 rings (SSSR count). The van der Waals surface area contributed by atoms with Gasteiger partial charge < -0.3 is 15.4 Å². The zero-order valence-electron chi connectivity index (χ0n) is 15.5. The molecule has 0 bridgehead atoms. The van der Waals surface area contributed by atoms with E-state index in [1.165, 1.54) is 11.8 Å². The number of thioether (sulfide) groups is 1. The zero-order valence-corrected chi connectivity index (χ0v) is 17.1. The van der Waals surface area contributed by atoms with Crippen LogP contribution in [-0.4, -0.2) is 57.1 Å². The number of aromatic nitrogens is 4. The molecule has 1 aliphatic heterocycles.